The van der Waals surface area contributed by atoms with E-state index in [1.807, 2.05) is 13.0 Å². The predicted octanol–water partition coefficient (Wildman–Crippen LogP) is 1.48. The molecule has 4 heteroatoms. The summed E-state index contributed by atoms with van der Waals surface area (Å²) in [5, 5.41) is 0. The average Bonchev–Trinajstić information content (AvgIpc) is 2.57. The highest BCUT2D eigenvalue weighted by Crippen LogP contribution is 2.43. The number of aryl methyl sites for hydroxylation is 1. The summed E-state index contributed by atoms with van der Waals surface area (Å²) >= 11 is 0. The lowest BCUT2D eigenvalue weighted by atomic mass is 9.84. The van der Waals surface area contributed by atoms with Crippen molar-refractivity contribution in [3.05, 3.63) is 29.1 Å². The van der Waals surface area contributed by atoms with Crippen molar-refractivity contribution in [2.75, 3.05) is 20.1 Å². The third kappa shape index (κ3) is 1.55. The maximum atomic E-state index is 11.9. The van der Waals surface area contributed by atoms with E-state index in [-0.39, 0.29) is 11.6 Å². The second-order valence-electron chi connectivity index (χ2n) is 5.06. The van der Waals surface area contributed by atoms with Gasteiger partial charge in [0.15, 0.2) is 0 Å². The molecule has 0 bridgehead atoms. The lowest BCUT2D eigenvalue weighted by Crippen LogP contribution is -2.41. The van der Waals surface area contributed by atoms with Gasteiger partial charge >= 0.3 is 5.97 Å². The lowest BCUT2D eigenvalue weighted by molar-refractivity contribution is -0.0394. The van der Waals surface area contributed by atoms with E-state index in [2.05, 4.69) is 16.9 Å². The fourth-order valence-corrected chi connectivity index (χ4v) is 2.74. The molecule has 1 saturated heterocycles. The van der Waals surface area contributed by atoms with Crippen LogP contribution in [0.4, 0.5) is 0 Å². The van der Waals surface area contributed by atoms with E-state index in [0.717, 1.165) is 37.2 Å². The number of piperidine rings is 1. The number of rotatable bonds is 0. The fourth-order valence-electron chi connectivity index (χ4n) is 2.74. The molecule has 0 aliphatic carbocycles. The van der Waals surface area contributed by atoms with E-state index >= 15 is 0 Å². The van der Waals surface area contributed by atoms with Crippen molar-refractivity contribution in [2.24, 2.45) is 0 Å². The van der Waals surface area contributed by atoms with Crippen LogP contribution < -0.4 is 0 Å². The molecular weight excluding hydrogens is 216 g/mol. The quantitative estimate of drug-likeness (QED) is 0.635. The van der Waals surface area contributed by atoms with Gasteiger partial charge in [0, 0.05) is 43.4 Å². The van der Waals surface area contributed by atoms with Crippen LogP contribution in [-0.4, -0.2) is 36.0 Å². The van der Waals surface area contributed by atoms with Gasteiger partial charge in [0.25, 0.3) is 0 Å². The van der Waals surface area contributed by atoms with E-state index < -0.39 is 0 Å². The number of carbonyl (C=O) groups is 1. The third-order valence-corrected chi connectivity index (χ3v) is 3.83. The van der Waals surface area contributed by atoms with Crippen LogP contribution >= 0.6 is 0 Å². The molecule has 0 unspecified atom stereocenters. The van der Waals surface area contributed by atoms with E-state index in [9.17, 15) is 4.79 Å². The molecule has 1 aromatic heterocycles. The molecule has 90 valence electrons. The fraction of sp³-hybridized carbons (Fsp3) is 0.538. The molecule has 3 rings (SSSR count). The van der Waals surface area contributed by atoms with Gasteiger partial charge in [-0.2, -0.15) is 0 Å². The predicted molar refractivity (Wildman–Crippen MR) is 62.8 cm³/mol. The first kappa shape index (κ1) is 10.7. The van der Waals surface area contributed by atoms with Gasteiger partial charge in [0.1, 0.15) is 5.60 Å². The maximum Gasteiger partial charge on any atom is 0.341 e. The lowest BCUT2D eigenvalue weighted by Gasteiger charge is -2.36. The van der Waals surface area contributed by atoms with E-state index in [4.69, 9.17) is 4.74 Å². The minimum Gasteiger partial charge on any atom is -0.450 e. The minimum atomic E-state index is -0.382. The van der Waals surface area contributed by atoms with Crippen LogP contribution in [0.3, 0.4) is 0 Å². The summed E-state index contributed by atoms with van der Waals surface area (Å²) in [6.07, 6.45) is 3.41. The second-order valence-corrected chi connectivity index (χ2v) is 5.06. The molecule has 2 aliphatic heterocycles. The zero-order valence-electron chi connectivity index (χ0n) is 10.2. The highest BCUT2D eigenvalue weighted by Gasteiger charge is 2.47. The molecule has 0 radical (unpaired) electrons. The molecule has 0 saturated carbocycles. The topological polar surface area (TPSA) is 42.4 Å². The number of hydrogen-bond donors (Lipinski definition) is 0. The minimum absolute atomic E-state index is 0.211. The molecule has 3 heterocycles. The monoisotopic (exact) mass is 232 g/mol. The van der Waals surface area contributed by atoms with Crippen molar-refractivity contribution in [1.82, 2.24) is 9.88 Å². The number of nitrogens with zero attached hydrogens (tertiary/aromatic N) is 2. The highest BCUT2D eigenvalue weighted by molar-refractivity contribution is 5.94. The van der Waals surface area contributed by atoms with Crippen molar-refractivity contribution in [1.29, 1.82) is 0 Å². The summed E-state index contributed by atoms with van der Waals surface area (Å²) in [7, 11) is 2.10. The number of likely N-dealkylation sites (tertiary alicyclic amines) is 1. The smallest absolute Gasteiger partial charge is 0.341 e. The van der Waals surface area contributed by atoms with Crippen LogP contribution in [0.25, 0.3) is 0 Å². The van der Waals surface area contributed by atoms with Crippen molar-refractivity contribution in [3.8, 4) is 0 Å². The van der Waals surface area contributed by atoms with Gasteiger partial charge in [0.05, 0.1) is 5.56 Å². The van der Waals surface area contributed by atoms with Gasteiger partial charge in [0.2, 0.25) is 0 Å². The Balaban J connectivity index is 2.05. The number of pyridine rings is 1. The first-order valence-electron chi connectivity index (χ1n) is 6.00. The molecule has 0 atom stereocenters. The number of esters is 1. The van der Waals surface area contributed by atoms with Crippen molar-refractivity contribution in [3.63, 3.8) is 0 Å². The summed E-state index contributed by atoms with van der Waals surface area (Å²) in [6.45, 7) is 3.88. The van der Waals surface area contributed by atoms with Gasteiger partial charge in [-0.15, -0.1) is 0 Å². The molecule has 1 fully saturated rings. The number of aromatic nitrogens is 1. The Kier molecular flexibility index (Phi) is 2.23. The van der Waals surface area contributed by atoms with Crippen LogP contribution in [0.1, 0.15) is 34.5 Å². The van der Waals surface area contributed by atoms with Gasteiger partial charge in [-0.05, 0) is 20.0 Å². The third-order valence-electron chi connectivity index (χ3n) is 3.83. The zero-order chi connectivity index (χ0) is 12.0. The van der Waals surface area contributed by atoms with E-state index in [0.29, 0.717) is 5.56 Å². The maximum absolute atomic E-state index is 11.9. The van der Waals surface area contributed by atoms with Gasteiger partial charge in [-0.25, -0.2) is 4.79 Å². The average molecular weight is 232 g/mol. The molecule has 2 aliphatic rings. The first-order chi connectivity index (χ1) is 8.11. The van der Waals surface area contributed by atoms with Crippen LogP contribution in [0.5, 0.6) is 0 Å². The van der Waals surface area contributed by atoms with E-state index in [1.165, 1.54) is 0 Å². The van der Waals surface area contributed by atoms with Crippen LogP contribution in [0, 0.1) is 6.92 Å². The van der Waals surface area contributed by atoms with Gasteiger partial charge < -0.3 is 9.64 Å². The number of fused-ring (bicyclic) bond motifs is 2. The van der Waals surface area contributed by atoms with Crippen molar-refractivity contribution in [2.45, 2.75) is 25.4 Å². The second kappa shape index (κ2) is 3.53. The number of hydrogen-bond acceptors (Lipinski definition) is 4. The summed E-state index contributed by atoms with van der Waals surface area (Å²) in [5.41, 5.74) is 2.26. The summed E-state index contributed by atoms with van der Waals surface area (Å²) < 4.78 is 5.66. The van der Waals surface area contributed by atoms with Crippen LogP contribution in [0.2, 0.25) is 0 Å². The number of ether oxygens (including phenoxy) is 1. The van der Waals surface area contributed by atoms with Gasteiger partial charge in [-0.1, -0.05) is 0 Å². The van der Waals surface area contributed by atoms with Crippen molar-refractivity contribution >= 4 is 5.97 Å². The highest BCUT2D eigenvalue weighted by atomic mass is 16.6. The molecule has 4 nitrogen and oxygen atoms in total. The van der Waals surface area contributed by atoms with Gasteiger partial charge in [-0.3, -0.25) is 4.98 Å². The molecule has 1 aromatic rings. The summed E-state index contributed by atoms with van der Waals surface area (Å²) in [5.74, 6) is -0.211. The zero-order valence-corrected chi connectivity index (χ0v) is 10.2. The molecule has 0 amide bonds. The summed E-state index contributed by atoms with van der Waals surface area (Å²) in [6, 6.07) is 2.01. The Bertz CT molecular complexity index is 476. The molecule has 0 aromatic carbocycles. The SMILES string of the molecule is Cc1cc2c(cn1)C(=O)OC21CCN(C)CC1. The molecule has 0 N–H and O–H groups in total. The van der Waals surface area contributed by atoms with Crippen LogP contribution in [-0.2, 0) is 10.3 Å². The Labute approximate surface area is 101 Å². The standard InChI is InChI=1S/C13H16N2O2/c1-9-7-11-10(8-14-9)12(16)17-13(11)3-5-15(2)6-4-13/h7-8H,3-6H2,1-2H3. The van der Waals surface area contributed by atoms with Crippen LogP contribution in [0.15, 0.2) is 12.3 Å². The largest absolute Gasteiger partial charge is 0.450 e. The van der Waals surface area contributed by atoms with E-state index in [1.54, 1.807) is 6.20 Å². The normalized spacial score (nSPS) is 22.6. The first-order valence-corrected chi connectivity index (χ1v) is 6.00. The molecule has 17 heavy (non-hydrogen) atoms. The summed E-state index contributed by atoms with van der Waals surface area (Å²) in [4.78, 5) is 18.3. The Morgan fingerprint density at radius 3 is 2.82 bits per heavy atom. The Morgan fingerprint density at radius 2 is 2.12 bits per heavy atom. The Morgan fingerprint density at radius 1 is 1.41 bits per heavy atom. The number of carbonyl (C=O) groups excluding carboxylic acids is 1. The molecule has 1 spiro atoms. The van der Waals surface area contributed by atoms with Crippen molar-refractivity contribution < 1.29 is 9.53 Å². The Hall–Kier alpha value is -1.42. The molecular formula is C13H16N2O2.